The van der Waals surface area contributed by atoms with Crippen molar-refractivity contribution in [3.63, 3.8) is 0 Å². The molecular weight excluding hydrogens is 378 g/mol. The lowest BCUT2D eigenvalue weighted by Crippen LogP contribution is -2.18. The molecule has 0 bridgehead atoms. The molecule has 3 aromatic rings. The van der Waals surface area contributed by atoms with Crippen LogP contribution < -0.4 is 15.8 Å². The Bertz CT molecular complexity index is 1000. The van der Waals surface area contributed by atoms with Crippen LogP contribution in [0.4, 0.5) is 28.9 Å². The molecule has 2 aromatic carbocycles. The summed E-state index contributed by atoms with van der Waals surface area (Å²) in [5.74, 6) is -1.63. The van der Waals surface area contributed by atoms with Gasteiger partial charge >= 0.3 is 6.36 Å². The Hall–Kier alpha value is -3.62. The molecule has 0 aliphatic carbocycles. The van der Waals surface area contributed by atoms with Crippen LogP contribution in [0.1, 0.15) is 10.4 Å². The summed E-state index contributed by atoms with van der Waals surface area (Å²) in [5, 5.41) is 2.53. The summed E-state index contributed by atoms with van der Waals surface area (Å²) in [6.45, 7) is 0. The lowest BCUT2D eigenvalue weighted by atomic mass is 10.1. The summed E-state index contributed by atoms with van der Waals surface area (Å²) in [4.78, 5) is 16.4. The average Bonchev–Trinajstić information content (AvgIpc) is 2.63. The van der Waals surface area contributed by atoms with Gasteiger partial charge in [0.15, 0.2) is 5.75 Å². The number of carbonyl (C=O) groups is 1. The number of alkyl halides is 3. The number of nitrogens with one attached hydrogen (secondary N) is 1. The van der Waals surface area contributed by atoms with Crippen molar-refractivity contribution in [1.29, 1.82) is 0 Å². The molecule has 3 N–H and O–H groups in total. The predicted octanol–water partition coefficient (Wildman–Crippen LogP) is 4.62. The maximum atomic E-state index is 13.8. The third-order valence-electron chi connectivity index (χ3n) is 3.67. The van der Waals surface area contributed by atoms with Gasteiger partial charge in [-0.15, -0.1) is 13.2 Å². The van der Waals surface area contributed by atoms with Gasteiger partial charge in [-0.1, -0.05) is 12.1 Å². The van der Waals surface area contributed by atoms with Gasteiger partial charge in [0, 0.05) is 11.1 Å². The number of anilines is 2. The molecule has 0 atom stereocenters. The molecule has 0 saturated heterocycles. The van der Waals surface area contributed by atoms with Gasteiger partial charge in [-0.2, -0.15) is 0 Å². The topological polar surface area (TPSA) is 77.2 Å². The number of nitrogen functional groups attached to an aromatic ring is 1. The lowest BCUT2D eigenvalue weighted by molar-refractivity contribution is -0.274. The first-order chi connectivity index (χ1) is 13.2. The monoisotopic (exact) mass is 391 g/mol. The van der Waals surface area contributed by atoms with Crippen LogP contribution in [0.3, 0.4) is 0 Å². The predicted molar refractivity (Wildman–Crippen MR) is 95.1 cm³/mol. The molecule has 28 heavy (non-hydrogen) atoms. The van der Waals surface area contributed by atoms with Gasteiger partial charge in [-0.05, 0) is 42.5 Å². The quantitative estimate of drug-likeness (QED) is 0.503. The second-order valence-corrected chi connectivity index (χ2v) is 5.67. The van der Waals surface area contributed by atoms with Crippen LogP contribution in [-0.2, 0) is 0 Å². The highest BCUT2D eigenvalue weighted by molar-refractivity contribution is 6.05. The van der Waals surface area contributed by atoms with E-state index in [0.717, 1.165) is 18.2 Å². The van der Waals surface area contributed by atoms with Crippen molar-refractivity contribution < 1.29 is 27.1 Å². The Morgan fingerprint density at radius 2 is 1.82 bits per heavy atom. The summed E-state index contributed by atoms with van der Waals surface area (Å²) in [5.41, 5.74) is 6.22. The van der Waals surface area contributed by atoms with Crippen LogP contribution in [0.25, 0.3) is 11.3 Å². The molecule has 3 rings (SSSR count). The summed E-state index contributed by atoms with van der Waals surface area (Å²) in [6, 6.07) is 12.3. The molecular formula is C19H13F4N3O2. The Balaban J connectivity index is 1.73. The number of amides is 1. The first-order valence-electron chi connectivity index (χ1n) is 7.90. The first kappa shape index (κ1) is 19.2. The molecule has 9 heteroatoms. The number of halogens is 4. The van der Waals surface area contributed by atoms with E-state index in [4.69, 9.17) is 5.73 Å². The van der Waals surface area contributed by atoms with Gasteiger partial charge in [0.2, 0.25) is 0 Å². The van der Waals surface area contributed by atoms with E-state index >= 15 is 0 Å². The number of nitrogens with zero attached hydrogens (tertiary/aromatic N) is 1. The van der Waals surface area contributed by atoms with Crippen LogP contribution in [0.2, 0.25) is 0 Å². The zero-order valence-electron chi connectivity index (χ0n) is 14.1. The number of nitrogens with two attached hydrogens (primary N) is 1. The molecule has 0 radical (unpaired) electrons. The van der Waals surface area contributed by atoms with E-state index in [1.54, 1.807) is 18.2 Å². The number of pyridine rings is 1. The van der Waals surface area contributed by atoms with Crippen molar-refractivity contribution in [2.45, 2.75) is 6.36 Å². The van der Waals surface area contributed by atoms with Gasteiger partial charge in [0.1, 0.15) is 5.82 Å². The molecule has 1 aromatic heterocycles. The Morgan fingerprint density at radius 1 is 1.07 bits per heavy atom. The normalized spacial score (nSPS) is 11.1. The number of rotatable bonds is 4. The lowest BCUT2D eigenvalue weighted by Gasteiger charge is -2.12. The van der Waals surface area contributed by atoms with Crippen LogP contribution in [0, 0.1) is 5.82 Å². The van der Waals surface area contributed by atoms with Crippen molar-refractivity contribution in [3.8, 4) is 17.0 Å². The van der Waals surface area contributed by atoms with Gasteiger partial charge in [0.25, 0.3) is 5.91 Å². The minimum atomic E-state index is -4.89. The summed E-state index contributed by atoms with van der Waals surface area (Å²) in [7, 11) is 0. The van der Waals surface area contributed by atoms with Crippen LogP contribution in [0.15, 0.2) is 60.8 Å². The van der Waals surface area contributed by atoms with Gasteiger partial charge in [-0.3, -0.25) is 9.78 Å². The molecule has 1 amide bonds. The molecule has 0 spiro atoms. The number of aromatic nitrogens is 1. The van der Waals surface area contributed by atoms with Crippen LogP contribution in [0.5, 0.6) is 5.75 Å². The molecule has 0 aliphatic heterocycles. The van der Waals surface area contributed by atoms with Crippen LogP contribution >= 0.6 is 0 Å². The Labute approximate surface area is 156 Å². The van der Waals surface area contributed by atoms with E-state index in [-0.39, 0.29) is 11.3 Å². The SMILES string of the molecule is Nc1cc(C(=O)Nc2ccc(-c3ccccc3F)nc2)ccc1OC(F)(F)F. The highest BCUT2D eigenvalue weighted by Crippen LogP contribution is 2.29. The summed E-state index contributed by atoms with van der Waals surface area (Å²) < 4.78 is 54.3. The maximum absolute atomic E-state index is 13.8. The highest BCUT2D eigenvalue weighted by atomic mass is 19.4. The largest absolute Gasteiger partial charge is 0.573 e. The second-order valence-electron chi connectivity index (χ2n) is 5.67. The van der Waals surface area contributed by atoms with Crippen molar-refractivity contribution in [3.05, 3.63) is 72.2 Å². The van der Waals surface area contributed by atoms with Gasteiger partial charge in [-0.25, -0.2) is 4.39 Å². The fourth-order valence-electron chi connectivity index (χ4n) is 2.41. The molecule has 0 unspecified atom stereocenters. The Morgan fingerprint density at radius 3 is 2.43 bits per heavy atom. The van der Waals surface area contributed by atoms with Crippen molar-refractivity contribution in [1.82, 2.24) is 4.98 Å². The third-order valence-corrected chi connectivity index (χ3v) is 3.67. The minimum absolute atomic E-state index is 0.0326. The third kappa shape index (κ3) is 4.56. The Kier molecular flexibility index (Phi) is 5.16. The summed E-state index contributed by atoms with van der Waals surface area (Å²) in [6.07, 6.45) is -3.55. The molecule has 0 saturated carbocycles. The number of hydrogen-bond acceptors (Lipinski definition) is 4. The zero-order chi connectivity index (χ0) is 20.3. The zero-order valence-corrected chi connectivity index (χ0v) is 14.1. The standard InChI is InChI=1S/C19H13F4N3O2/c20-14-4-2-1-3-13(14)16-7-6-12(10-25-16)26-18(27)11-5-8-17(15(24)9-11)28-19(21,22)23/h1-10H,24H2,(H,26,27). The number of ether oxygens (including phenoxy) is 1. The number of benzene rings is 2. The van der Waals surface area contributed by atoms with E-state index in [2.05, 4.69) is 15.0 Å². The van der Waals surface area contributed by atoms with Gasteiger partial charge < -0.3 is 15.8 Å². The maximum Gasteiger partial charge on any atom is 0.573 e. The fraction of sp³-hybridized carbons (Fsp3) is 0.0526. The first-order valence-corrected chi connectivity index (χ1v) is 7.90. The highest BCUT2D eigenvalue weighted by Gasteiger charge is 2.32. The van der Waals surface area contributed by atoms with E-state index < -0.39 is 23.8 Å². The summed E-state index contributed by atoms with van der Waals surface area (Å²) >= 11 is 0. The number of carbonyl (C=O) groups excluding carboxylic acids is 1. The van der Waals surface area contributed by atoms with E-state index in [0.29, 0.717) is 16.9 Å². The van der Waals surface area contributed by atoms with E-state index in [1.807, 2.05) is 0 Å². The minimum Gasteiger partial charge on any atom is -0.404 e. The average molecular weight is 391 g/mol. The fourth-order valence-corrected chi connectivity index (χ4v) is 2.41. The molecule has 1 heterocycles. The second kappa shape index (κ2) is 7.55. The van der Waals surface area contributed by atoms with Gasteiger partial charge in [0.05, 0.1) is 23.3 Å². The van der Waals surface area contributed by atoms with Crippen molar-refractivity contribution in [2.75, 3.05) is 11.1 Å². The van der Waals surface area contributed by atoms with E-state index in [1.165, 1.54) is 24.4 Å². The smallest absolute Gasteiger partial charge is 0.404 e. The molecule has 0 aliphatic rings. The molecule has 144 valence electrons. The van der Waals surface area contributed by atoms with Crippen molar-refractivity contribution >= 4 is 17.3 Å². The molecule has 5 nitrogen and oxygen atoms in total. The number of hydrogen-bond donors (Lipinski definition) is 2. The molecule has 0 fully saturated rings. The van der Waals surface area contributed by atoms with E-state index in [9.17, 15) is 22.4 Å². The van der Waals surface area contributed by atoms with Crippen LogP contribution in [-0.4, -0.2) is 17.3 Å². The van der Waals surface area contributed by atoms with Crippen molar-refractivity contribution in [2.24, 2.45) is 0 Å².